The first-order valence-corrected chi connectivity index (χ1v) is 6.93. The maximum Gasteiger partial charge on any atom is 0.339 e. The third kappa shape index (κ3) is 4.03. The van der Waals surface area contributed by atoms with Crippen LogP contribution in [-0.2, 0) is 11.3 Å². The molecule has 1 N–H and O–H groups in total. The Hall–Kier alpha value is -1.42. The van der Waals surface area contributed by atoms with E-state index in [1.54, 1.807) is 12.3 Å². The Morgan fingerprint density at radius 1 is 1.47 bits per heavy atom. The minimum atomic E-state index is -0.341. The van der Waals surface area contributed by atoms with E-state index >= 15 is 0 Å². The van der Waals surface area contributed by atoms with Gasteiger partial charge >= 0.3 is 5.97 Å². The van der Waals surface area contributed by atoms with E-state index in [-0.39, 0.29) is 5.97 Å². The van der Waals surface area contributed by atoms with Crippen molar-refractivity contribution in [1.29, 1.82) is 0 Å². The zero-order valence-corrected chi connectivity index (χ0v) is 11.7. The van der Waals surface area contributed by atoms with Gasteiger partial charge in [0.1, 0.15) is 0 Å². The van der Waals surface area contributed by atoms with Crippen molar-refractivity contribution in [3.8, 4) is 0 Å². The van der Waals surface area contributed by atoms with Crippen molar-refractivity contribution >= 4 is 5.97 Å². The van der Waals surface area contributed by atoms with E-state index in [9.17, 15) is 4.79 Å². The molecular formula is C15H22N2O2. The first kappa shape index (κ1) is 14.0. The monoisotopic (exact) mass is 262 g/mol. The van der Waals surface area contributed by atoms with Crippen LogP contribution >= 0.6 is 0 Å². The third-order valence-corrected chi connectivity index (χ3v) is 3.79. The van der Waals surface area contributed by atoms with Crippen LogP contribution in [0.4, 0.5) is 0 Å². The highest BCUT2D eigenvalue weighted by Gasteiger charge is 2.20. The largest absolute Gasteiger partial charge is 0.465 e. The number of hydrogen-bond acceptors (Lipinski definition) is 4. The van der Waals surface area contributed by atoms with Gasteiger partial charge in [-0.15, -0.1) is 0 Å². The molecule has 2 unspecified atom stereocenters. The van der Waals surface area contributed by atoms with Gasteiger partial charge in [-0.05, 0) is 43.4 Å². The summed E-state index contributed by atoms with van der Waals surface area (Å²) in [4.78, 5) is 15.5. The number of nitrogens with zero attached hydrogens (tertiary/aromatic N) is 1. The lowest BCUT2D eigenvalue weighted by molar-refractivity contribution is 0.0600. The smallest absolute Gasteiger partial charge is 0.339 e. The average molecular weight is 262 g/mol. The van der Waals surface area contributed by atoms with Crippen molar-refractivity contribution in [3.63, 3.8) is 0 Å². The van der Waals surface area contributed by atoms with Crippen LogP contribution < -0.4 is 5.32 Å². The summed E-state index contributed by atoms with van der Waals surface area (Å²) in [5.41, 5.74) is 1.45. The van der Waals surface area contributed by atoms with Gasteiger partial charge in [-0.25, -0.2) is 4.79 Å². The molecule has 1 heterocycles. The number of ether oxygens (including phenoxy) is 1. The first-order chi connectivity index (χ1) is 9.19. The summed E-state index contributed by atoms with van der Waals surface area (Å²) in [6, 6.07) is 3.63. The molecule has 0 amide bonds. The molecule has 1 aliphatic carbocycles. The maximum absolute atomic E-state index is 11.3. The van der Waals surface area contributed by atoms with Crippen molar-refractivity contribution < 1.29 is 9.53 Å². The molecule has 4 nitrogen and oxygen atoms in total. The lowest BCUT2D eigenvalue weighted by Gasteiger charge is -2.10. The van der Waals surface area contributed by atoms with Crippen molar-refractivity contribution in [2.24, 2.45) is 11.8 Å². The Bertz CT molecular complexity index is 417. The fourth-order valence-corrected chi connectivity index (χ4v) is 2.68. The molecule has 0 spiro atoms. The molecule has 1 aromatic heterocycles. The van der Waals surface area contributed by atoms with E-state index in [0.717, 1.165) is 30.6 Å². The fraction of sp³-hybridized carbons (Fsp3) is 0.600. The van der Waals surface area contributed by atoms with Crippen LogP contribution in [0.15, 0.2) is 18.3 Å². The van der Waals surface area contributed by atoms with Gasteiger partial charge in [0.25, 0.3) is 0 Å². The van der Waals surface area contributed by atoms with E-state index < -0.39 is 0 Å². The summed E-state index contributed by atoms with van der Waals surface area (Å²) >= 11 is 0. The molecule has 0 saturated heterocycles. The summed E-state index contributed by atoms with van der Waals surface area (Å²) in [5.74, 6) is 1.35. The van der Waals surface area contributed by atoms with Crippen molar-refractivity contribution in [1.82, 2.24) is 10.3 Å². The zero-order valence-electron chi connectivity index (χ0n) is 11.7. The van der Waals surface area contributed by atoms with Gasteiger partial charge < -0.3 is 10.1 Å². The molecule has 1 fully saturated rings. The number of rotatable bonds is 5. The summed E-state index contributed by atoms with van der Waals surface area (Å²) in [6.45, 7) is 4.14. The van der Waals surface area contributed by atoms with Crippen molar-refractivity contribution in [2.75, 3.05) is 13.7 Å². The van der Waals surface area contributed by atoms with Gasteiger partial charge in [-0.2, -0.15) is 0 Å². The first-order valence-electron chi connectivity index (χ1n) is 6.93. The SMILES string of the molecule is COC(=O)c1ccc(CNCC2CCC(C)C2)nc1. The Labute approximate surface area is 114 Å². The van der Waals surface area contributed by atoms with Gasteiger partial charge in [-0.1, -0.05) is 13.3 Å². The van der Waals surface area contributed by atoms with Crippen LogP contribution in [0.3, 0.4) is 0 Å². The molecule has 2 rings (SSSR count). The third-order valence-electron chi connectivity index (χ3n) is 3.79. The molecule has 1 aromatic rings. The Kier molecular flexibility index (Phi) is 4.91. The lowest BCUT2D eigenvalue weighted by atomic mass is 10.1. The summed E-state index contributed by atoms with van der Waals surface area (Å²) in [6.07, 6.45) is 5.60. The maximum atomic E-state index is 11.3. The molecule has 0 radical (unpaired) electrons. The number of esters is 1. The van der Waals surface area contributed by atoms with Gasteiger partial charge in [-0.3, -0.25) is 4.98 Å². The van der Waals surface area contributed by atoms with Crippen LogP contribution in [0, 0.1) is 11.8 Å². The zero-order chi connectivity index (χ0) is 13.7. The number of pyridine rings is 1. The minimum absolute atomic E-state index is 0.341. The summed E-state index contributed by atoms with van der Waals surface area (Å²) in [5, 5.41) is 3.45. The lowest BCUT2D eigenvalue weighted by Crippen LogP contribution is -2.21. The second kappa shape index (κ2) is 6.66. The fourth-order valence-electron chi connectivity index (χ4n) is 2.68. The molecule has 0 aliphatic heterocycles. The summed E-state index contributed by atoms with van der Waals surface area (Å²) < 4.78 is 4.64. The highest BCUT2D eigenvalue weighted by atomic mass is 16.5. The number of carbonyl (C=O) groups excluding carboxylic acids is 1. The molecule has 104 valence electrons. The molecule has 0 bridgehead atoms. The van der Waals surface area contributed by atoms with Crippen molar-refractivity contribution in [2.45, 2.75) is 32.7 Å². The predicted molar refractivity (Wildman–Crippen MR) is 73.8 cm³/mol. The van der Waals surface area contributed by atoms with Gasteiger partial charge in [0, 0.05) is 12.7 Å². The van der Waals surface area contributed by atoms with Crippen LogP contribution in [0.25, 0.3) is 0 Å². The van der Waals surface area contributed by atoms with Crippen LogP contribution in [-0.4, -0.2) is 24.6 Å². The van der Waals surface area contributed by atoms with Gasteiger partial charge in [0.15, 0.2) is 0 Å². The molecule has 2 atom stereocenters. The normalized spacial score (nSPS) is 22.4. The van der Waals surface area contributed by atoms with E-state index in [1.807, 2.05) is 6.07 Å². The summed E-state index contributed by atoms with van der Waals surface area (Å²) in [7, 11) is 1.38. The molecule has 19 heavy (non-hydrogen) atoms. The van der Waals surface area contributed by atoms with E-state index in [4.69, 9.17) is 0 Å². The van der Waals surface area contributed by atoms with E-state index in [1.165, 1.54) is 26.4 Å². The molecule has 1 aliphatic rings. The molecule has 1 saturated carbocycles. The van der Waals surface area contributed by atoms with Crippen LogP contribution in [0.2, 0.25) is 0 Å². The second-order valence-corrected chi connectivity index (χ2v) is 5.44. The highest BCUT2D eigenvalue weighted by Crippen LogP contribution is 2.29. The van der Waals surface area contributed by atoms with Crippen LogP contribution in [0.1, 0.15) is 42.2 Å². The van der Waals surface area contributed by atoms with Gasteiger partial charge in [0.05, 0.1) is 18.4 Å². The Morgan fingerprint density at radius 3 is 2.89 bits per heavy atom. The number of aromatic nitrogens is 1. The minimum Gasteiger partial charge on any atom is -0.465 e. The van der Waals surface area contributed by atoms with Crippen molar-refractivity contribution in [3.05, 3.63) is 29.6 Å². The van der Waals surface area contributed by atoms with E-state index in [2.05, 4.69) is 22.0 Å². The molecule has 4 heteroatoms. The molecular weight excluding hydrogens is 240 g/mol. The quantitative estimate of drug-likeness (QED) is 0.828. The second-order valence-electron chi connectivity index (χ2n) is 5.44. The van der Waals surface area contributed by atoms with Crippen LogP contribution in [0.5, 0.6) is 0 Å². The number of hydrogen-bond donors (Lipinski definition) is 1. The Balaban J connectivity index is 1.75. The Morgan fingerprint density at radius 2 is 2.32 bits per heavy atom. The molecule has 0 aromatic carbocycles. The van der Waals surface area contributed by atoms with Gasteiger partial charge in [0.2, 0.25) is 0 Å². The highest BCUT2D eigenvalue weighted by molar-refractivity contribution is 5.88. The average Bonchev–Trinajstić information content (AvgIpc) is 2.84. The number of nitrogens with one attached hydrogen (secondary N) is 1. The predicted octanol–water partition coefficient (Wildman–Crippen LogP) is 2.39. The standard InChI is InChI=1S/C15H22N2O2/c1-11-3-4-12(7-11)8-16-10-14-6-5-13(9-17-14)15(18)19-2/h5-6,9,11-12,16H,3-4,7-8,10H2,1-2H3. The number of methoxy groups -OCH3 is 1. The van der Waals surface area contributed by atoms with E-state index in [0.29, 0.717) is 5.56 Å². The topological polar surface area (TPSA) is 51.2 Å². The number of carbonyl (C=O) groups is 1.